The van der Waals surface area contributed by atoms with Crippen LogP contribution in [0, 0.1) is 6.92 Å². The van der Waals surface area contributed by atoms with Crippen molar-refractivity contribution in [1.82, 2.24) is 5.16 Å². The summed E-state index contributed by atoms with van der Waals surface area (Å²) in [6.45, 7) is 2.03. The Morgan fingerprint density at radius 3 is 2.48 bits per heavy atom. The van der Waals surface area contributed by atoms with Gasteiger partial charge in [0.15, 0.2) is 11.6 Å². The Morgan fingerprint density at radius 1 is 1.00 bits per heavy atom. The van der Waals surface area contributed by atoms with E-state index in [2.05, 4.69) is 37.0 Å². The van der Waals surface area contributed by atoms with Gasteiger partial charge in [-0.2, -0.15) is 0 Å². The fourth-order valence-corrected chi connectivity index (χ4v) is 3.30. The van der Waals surface area contributed by atoms with Crippen molar-refractivity contribution < 1.29 is 4.52 Å². The van der Waals surface area contributed by atoms with E-state index in [9.17, 15) is 0 Å². The van der Waals surface area contributed by atoms with Gasteiger partial charge in [-0.25, -0.2) is 0 Å². The summed E-state index contributed by atoms with van der Waals surface area (Å²) in [6.07, 6.45) is 0. The normalized spacial score (nSPS) is 10.8. The molecule has 0 aliphatic rings. The molecular weight excluding hydrogens is 396 g/mol. The number of hydrogen-bond acceptors (Lipinski definition) is 3. The molecule has 0 bridgehead atoms. The molecule has 0 saturated carbocycles. The van der Waals surface area contributed by atoms with E-state index in [1.807, 2.05) is 49.4 Å². The average molecular weight is 408 g/mol. The monoisotopic (exact) mass is 406 g/mol. The Bertz CT molecular complexity index is 792. The van der Waals surface area contributed by atoms with Gasteiger partial charge in [0.2, 0.25) is 0 Å². The van der Waals surface area contributed by atoms with Crippen molar-refractivity contribution >= 4 is 37.7 Å². The molecule has 1 heterocycles. The van der Waals surface area contributed by atoms with Crippen molar-refractivity contribution in [3.05, 3.63) is 57.0 Å². The van der Waals surface area contributed by atoms with Gasteiger partial charge in [0.05, 0.1) is 5.56 Å². The van der Waals surface area contributed by atoms with Gasteiger partial charge >= 0.3 is 0 Å². The zero-order valence-electron chi connectivity index (χ0n) is 11.2. The van der Waals surface area contributed by atoms with Crippen LogP contribution >= 0.6 is 31.9 Å². The fourth-order valence-electron chi connectivity index (χ4n) is 2.29. The van der Waals surface area contributed by atoms with E-state index in [1.54, 1.807) is 0 Å². The van der Waals surface area contributed by atoms with Crippen LogP contribution < -0.4 is 5.73 Å². The molecule has 0 atom stereocenters. The summed E-state index contributed by atoms with van der Waals surface area (Å²) in [6, 6.07) is 14.0. The maximum absolute atomic E-state index is 6.01. The lowest BCUT2D eigenvalue weighted by Gasteiger charge is -2.05. The molecule has 2 N–H and O–H groups in total. The van der Waals surface area contributed by atoms with Gasteiger partial charge in [-0.3, -0.25) is 0 Å². The third kappa shape index (κ3) is 2.89. The molecule has 1 aromatic heterocycles. The molecule has 5 heteroatoms. The predicted molar refractivity (Wildman–Crippen MR) is 91.9 cm³/mol. The first-order chi connectivity index (χ1) is 10.0. The van der Waals surface area contributed by atoms with E-state index in [1.165, 1.54) is 0 Å². The molecule has 3 rings (SSSR count). The number of halogens is 2. The molecule has 2 aromatic carbocycles. The molecule has 21 heavy (non-hydrogen) atoms. The second-order valence-corrected chi connectivity index (χ2v) is 6.63. The first-order valence-electron chi connectivity index (χ1n) is 6.33. The van der Waals surface area contributed by atoms with Gasteiger partial charge in [0.25, 0.3) is 0 Å². The van der Waals surface area contributed by atoms with Gasteiger partial charge in [0, 0.05) is 14.5 Å². The molecular formula is C16H12Br2N2O. The quantitative estimate of drug-likeness (QED) is 0.616. The Hall–Kier alpha value is -1.59. The highest BCUT2D eigenvalue weighted by molar-refractivity contribution is 9.10. The van der Waals surface area contributed by atoms with Crippen LogP contribution in [0.1, 0.15) is 5.56 Å². The minimum absolute atomic E-state index is 0.390. The Labute approximate surface area is 139 Å². The summed E-state index contributed by atoms with van der Waals surface area (Å²) in [4.78, 5) is 0. The number of anilines is 1. The van der Waals surface area contributed by atoms with Crippen LogP contribution in [0.15, 0.2) is 55.9 Å². The number of aromatic nitrogens is 1. The van der Waals surface area contributed by atoms with Crippen molar-refractivity contribution in [3.63, 3.8) is 0 Å². The molecule has 0 aliphatic carbocycles. The van der Waals surface area contributed by atoms with Gasteiger partial charge in [0.1, 0.15) is 0 Å². The SMILES string of the molecule is Cc1cc(Br)cc(-c2onc(N)c2-c2cccc(Br)c2)c1. The second-order valence-electron chi connectivity index (χ2n) is 4.80. The standard InChI is InChI=1S/C16H12Br2N2O/c1-9-5-11(8-13(18)6-9)15-14(16(19)20-21-15)10-3-2-4-12(17)7-10/h2-8H,1H3,(H2,19,20). The number of rotatable bonds is 2. The number of benzene rings is 2. The molecule has 0 fully saturated rings. The highest BCUT2D eigenvalue weighted by atomic mass is 79.9. The van der Waals surface area contributed by atoms with E-state index < -0.39 is 0 Å². The van der Waals surface area contributed by atoms with Gasteiger partial charge in [-0.1, -0.05) is 49.1 Å². The van der Waals surface area contributed by atoms with Crippen molar-refractivity contribution in [3.8, 4) is 22.5 Å². The highest BCUT2D eigenvalue weighted by Gasteiger charge is 2.18. The molecule has 0 unspecified atom stereocenters. The van der Waals surface area contributed by atoms with Crippen LogP contribution in [0.4, 0.5) is 5.82 Å². The van der Waals surface area contributed by atoms with Gasteiger partial charge in [-0.05, 0) is 48.4 Å². The minimum atomic E-state index is 0.390. The van der Waals surface area contributed by atoms with E-state index >= 15 is 0 Å². The zero-order valence-corrected chi connectivity index (χ0v) is 14.4. The van der Waals surface area contributed by atoms with Crippen molar-refractivity contribution in [2.24, 2.45) is 0 Å². The van der Waals surface area contributed by atoms with E-state index in [4.69, 9.17) is 10.3 Å². The predicted octanol–water partition coefficient (Wildman–Crippen LogP) is 5.42. The third-order valence-electron chi connectivity index (χ3n) is 3.14. The maximum Gasteiger partial charge on any atom is 0.176 e. The van der Waals surface area contributed by atoms with Crippen LogP contribution in [-0.2, 0) is 0 Å². The summed E-state index contributed by atoms with van der Waals surface area (Å²) in [5.41, 5.74) is 9.87. The molecule has 3 aromatic rings. The van der Waals surface area contributed by atoms with Crippen LogP contribution in [0.2, 0.25) is 0 Å². The molecule has 0 spiro atoms. The number of hydrogen-bond donors (Lipinski definition) is 1. The smallest absolute Gasteiger partial charge is 0.176 e. The second kappa shape index (κ2) is 5.66. The van der Waals surface area contributed by atoms with Crippen LogP contribution in [0.3, 0.4) is 0 Å². The number of nitrogens with zero attached hydrogens (tertiary/aromatic N) is 1. The number of nitrogens with two attached hydrogens (primary N) is 1. The Balaban J connectivity index is 2.21. The zero-order chi connectivity index (χ0) is 15.0. The lowest BCUT2D eigenvalue weighted by Crippen LogP contribution is -1.89. The third-order valence-corrected chi connectivity index (χ3v) is 4.09. The summed E-state index contributed by atoms with van der Waals surface area (Å²) in [5, 5.41) is 3.93. The molecule has 0 amide bonds. The largest absolute Gasteiger partial charge is 0.380 e. The summed E-state index contributed by atoms with van der Waals surface area (Å²) >= 11 is 6.99. The minimum Gasteiger partial charge on any atom is -0.380 e. The van der Waals surface area contributed by atoms with E-state index in [-0.39, 0.29) is 0 Å². The lowest BCUT2D eigenvalue weighted by molar-refractivity contribution is 0.436. The average Bonchev–Trinajstić information content (AvgIpc) is 2.79. The highest BCUT2D eigenvalue weighted by Crippen LogP contribution is 2.38. The first-order valence-corrected chi connectivity index (χ1v) is 7.92. The Kier molecular flexibility index (Phi) is 3.87. The van der Waals surface area contributed by atoms with Crippen LogP contribution in [-0.4, -0.2) is 5.16 Å². The lowest BCUT2D eigenvalue weighted by atomic mass is 10.0. The molecule has 0 aliphatic heterocycles. The van der Waals surface area contributed by atoms with Crippen molar-refractivity contribution in [1.29, 1.82) is 0 Å². The number of nitrogen functional groups attached to an aromatic ring is 1. The maximum atomic E-state index is 6.01. The summed E-state index contributed by atoms with van der Waals surface area (Å²) in [5.74, 6) is 1.07. The van der Waals surface area contributed by atoms with Crippen molar-refractivity contribution in [2.75, 3.05) is 5.73 Å². The summed E-state index contributed by atoms with van der Waals surface area (Å²) < 4.78 is 7.45. The molecule has 0 saturated heterocycles. The van der Waals surface area contributed by atoms with Crippen LogP contribution in [0.25, 0.3) is 22.5 Å². The fraction of sp³-hybridized carbons (Fsp3) is 0.0625. The number of aryl methyl sites for hydroxylation is 1. The first kappa shape index (κ1) is 14.4. The molecule has 106 valence electrons. The Morgan fingerprint density at radius 2 is 1.76 bits per heavy atom. The van der Waals surface area contributed by atoms with Crippen molar-refractivity contribution in [2.45, 2.75) is 6.92 Å². The summed E-state index contributed by atoms with van der Waals surface area (Å²) in [7, 11) is 0. The van der Waals surface area contributed by atoms with Gasteiger partial charge < -0.3 is 10.3 Å². The van der Waals surface area contributed by atoms with E-state index in [0.29, 0.717) is 11.6 Å². The molecule has 0 radical (unpaired) electrons. The topological polar surface area (TPSA) is 52.0 Å². The molecule has 3 nitrogen and oxygen atoms in total. The van der Waals surface area contributed by atoms with Crippen LogP contribution in [0.5, 0.6) is 0 Å². The van der Waals surface area contributed by atoms with E-state index in [0.717, 1.165) is 31.2 Å². The van der Waals surface area contributed by atoms with Gasteiger partial charge in [-0.15, -0.1) is 0 Å².